The number of methoxy groups -OCH3 is 1. The Bertz CT molecular complexity index is 246. The van der Waals surface area contributed by atoms with Gasteiger partial charge in [-0.2, -0.15) is 0 Å². The Morgan fingerprint density at radius 3 is 2.12 bits per heavy atom. The Balaban J connectivity index is 4.85. The Kier molecular flexibility index (Phi) is 6.17. The number of rotatable bonds is 7. The van der Waals surface area contributed by atoms with Crippen molar-refractivity contribution in [3.63, 3.8) is 0 Å². The Labute approximate surface area is 106 Å². The van der Waals surface area contributed by atoms with Crippen molar-refractivity contribution >= 4 is 5.97 Å². The number of hydrogen-bond acceptors (Lipinski definition) is 3. The highest BCUT2D eigenvalue weighted by atomic mass is 16.7. The lowest BCUT2D eigenvalue weighted by Gasteiger charge is -2.38. The van der Waals surface area contributed by atoms with Gasteiger partial charge in [0.2, 0.25) is 0 Å². The highest BCUT2D eigenvalue weighted by Crippen LogP contribution is 2.42. The van der Waals surface area contributed by atoms with Crippen LogP contribution >= 0.6 is 0 Å². The van der Waals surface area contributed by atoms with Crippen LogP contribution in [0.5, 0.6) is 0 Å². The molecule has 0 rings (SSSR count). The third-order valence-electron chi connectivity index (χ3n) is 3.85. The molecule has 0 saturated heterocycles. The second-order valence-electron chi connectivity index (χ2n) is 6.11. The van der Waals surface area contributed by atoms with E-state index >= 15 is 0 Å². The van der Waals surface area contributed by atoms with E-state index < -0.39 is 5.41 Å². The SMILES string of the molecule is CCC(C)(C)CC(C)(C(=O)OCOC)C(C)C. The van der Waals surface area contributed by atoms with Crippen LogP contribution in [-0.4, -0.2) is 19.9 Å². The lowest BCUT2D eigenvalue weighted by atomic mass is 9.67. The first-order chi connectivity index (χ1) is 7.69. The van der Waals surface area contributed by atoms with Crippen LogP contribution in [0, 0.1) is 16.7 Å². The van der Waals surface area contributed by atoms with Crippen molar-refractivity contribution in [3.05, 3.63) is 0 Å². The number of carbonyl (C=O) groups is 1. The van der Waals surface area contributed by atoms with E-state index in [1.165, 1.54) is 7.11 Å². The largest absolute Gasteiger partial charge is 0.438 e. The summed E-state index contributed by atoms with van der Waals surface area (Å²) in [5, 5.41) is 0. The molecule has 3 heteroatoms. The average Bonchev–Trinajstić information content (AvgIpc) is 2.24. The molecule has 0 N–H and O–H groups in total. The lowest BCUT2D eigenvalue weighted by molar-refractivity contribution is -0.170. The van der Waals surface area contributed by atoms with Gasteiger partial charge in [0.15, 0.2) is 6.79 Å². The molecule has 0 aliphatic carbocycles. The molecule has 1 atom stereocenters. The highest BCUT2D eigenvalue weighted by molar-refractivity contribution is 5.76. The molecule has 1 unspecified atom stereocenters. The summed E-state index contributed by atoms with van der Waals surface area (Å²) in [5.74, 6) is 0.0913. The van der Waals surface area contributed by atoms with Crippen molar-refractivity contribution < 1.29 is 14.3 Å². The standard InChI is InChI=1S/C14H28O3/c1-8-13(4,5)9-14(6,11(2)3)12(15)17-10-16-7/h11H,8-10H2,1-7H3. The van der Waals surface area contributed by atoms with Gasteiger partial charge in [-0.1, -0.05) is 41.0 Å². The zero-order chi connectivity index (χ0) is 13.7. The van der Waals surface area contributed by atoms with Crippen molar-refractivity contribution in [1.29, 1.82) is 0 Å². The van der Waals surface area contributed by atoms with E-state index in [2.05, 4.69) is 34.6 Å². The van der Waals surface area contributed by atoms with E-state index in [9.17, 15) is 4.79 Å². The van der Waals surface area contributed by atoms with Gasteiger partial charge in [0.25, 0.3) is 0 Å². The minimum absolute atomic E-state index is 0.0354. The predicted octanol–water partition coefficient (Wildman–Crippen LogP) is 3.62. The van der Waals surface area contributed by atoms with Gasteiger partial charge in [-0.3, -0.25) is 4.79 Å². The molecule has 0 aromatic carbocycles. The molecule has 0 saturated carbocycles. The van der Waals surface area contributed by atoms with Crippen LogP contribution in [0.2, 0.25) is 0 Å². The van der Waals surface area contributed by atoms with E-state index in [1.807, 2.05) is 6.92 Å². The summed E-state index contributed by atoms with van der Waals surface area (Å²) in [6, 6.07) is 0. The zero-order valence-corrected chi connectivity index (χ0v) is 12.4. The summed E-state index contributed by atoms with van der Waals surface area (Å²) in [6.07, 6.45) is 1.88. The van der Waals surface area contributed by atoms with E-state index in [-0.39, 0.29) is 24.1 Å². The summed E-state index contributed by atoms with van der Waals surface area (Å²) in [6.45, 7) is 12.7. The quantitative estimate of drug-likeness (QED) is 0.507. The maximum atomic E-state index is 12.2. The fraction of sp³-hybridized carbons (Fsp3) is 0.929. The van der Waals surface area contributed by atoms with E-state index in [0.717, 1.165) is 12.8 Å². The van der Waals surface area contributed by atoms with Crippen molar-refractivity contribution in [2.75, 3.05) is 13.9 Å². The topological polar surface area (TPSA) is 35.5 Å². The van der Waals surface area contributed by atoms with E-state index in [0.29, 0.717) is 0 Å². The lowest BCUT2D eigenvalue weighted by Crippen LogP contribution is -2.39. The summed E-state index contributed by atoms with van der Waals surface area (Å²) in [4.78, 5) is 12.2. The van der Waals surface area contributed by atoms with Crippen LogP contribution in [0.4, 0.5) is 0 Å². The average molecular weight is 244 g/mol. The molecular formula is C14H28O3. The van der Waals surface area contributed by atoms with Crippen molar-refractivity contribution in [2.45, 2.75) is 54.4 Å². The number of carbonyl (C=O) groups excluding carboxylic acids is 1. The molecule has 0 aromatic heterocycles. The summed E-state index contributed by atoms with van der Waals surface area (Å²) < 4.78 is 9.95. The van der Waals surface area contributed by atoms with Crippen LogP contribution in [-0.2, 0) is 14.3 Å². The monoisotopic (exact) mass is 244 g/mol. The van der Waals surface area contributed by atoms with Crippen LogP contribution in [0.1, 0.15) is 54.4 Å². The van der Waals surface area contributed by atoms with E-state index in [1.54, 1.807) is 0 Å². The van der Waals surface area contributed by atoms with Crippen molar-refractivity contribution in [3.8, 4) is 0 Å². The number of hydrogen-bond donors (Lipinski definition) is 0. The van der Waals surface area contributed by atoms with Gasteiger partial charge in [0.05, 0.1) is 5.41 Å². The normalized spacial score (nSPS) is 15.8. The second kappa shape index (κ2) is 6.39. The molecular weight excluding hydrogens is 216 g/mol. The van der Waals surface area contributed by atoms with Gasteiger partial charge in [0, 0.05) is 7.11 Å². The smallest absolute Gasteiger partial charge is 0.314 e. The Morgan fingerprint density at radius 2 is 1.76 bits per heavy atom. The van der Waals surface area contributed by atoms with Gasteiger partial charge in [0.1, 0.15) is 0 Å². The molecule has 0 heterocycles. The molecule has 17 heavy (non-hydrogen) atoms. The fourth-order valence-electron chi connectivity index (χ4n) is 1.91. The molecule has 0 aliphatic heterocycles. The summed E-state index contributed by atoms with van der Waals surface area (Å²) >= 11 is 0. The Morgan fingerprint density at radius 1 is 1.24 bits per heavy atom. The van der Waals surface area contributed by atoms with Crippen LogP contribution < -0.4 is 0 Å². The zero-order valence-electron chi connectivity index (χ0n) is 12.4. The molecule has 102 valence electrons. The summed E-state index contributed by atoms with van der Waals surface area (Å²) in [5.41, 5.74) is -0.302. The third-order valence-corrected chi connectivity index (χ3v) is 3.85. The molecule has 0 radical (unpaired) electrons. The van der Waals surface area contributed by atoms with Gasteiger partial charge in [-0.15, -0.1) is 0 Å². The first-order valence-corrected chi connectivity index (χ1v) is 6.35. The fourth-order valence-corrected chi connectivity index (χ4v) is 1.91. The van der Waals surface area contributed by atoms with Crippen molar-refractivity contribution in [1.82, 2.24) is 0 Å². The number of ether oxygens (including phenoxy) is 2. The molecule has 0 aliphatic rings. The molecule has 0 bridgehead atoms. The highest BCUT2D eigenvalue weighted by Gasteiger charge is 2.42. The van der Waals surface area contributed by atoms with E-state index in [4.69, 9.17) is 9.47 Å². The van der Waals surface area contributed by atoms with Gasteiger partial charge >= 0.3 is 5.97 Å². The molecule has 3 nitrogen and oxygen atoms in total. The van der Waals surface area contributed by atoms with Crippen LogP contribution in [0.25, 0.3) is 0 Å². The minimum Gasteiger partial charge on any atom is -0.438 e. The molecule has 0 aromatic rings. The minimum atomic E-state index is -0.446. The van der Waals surface area contributed by atoms with Gasteiger partial charge in [-0.05, 0) is 24.7 Å². The summed E-state index contributed by atoms with van der Waals surface area (Å²) in [7, 11) is 1.52. The first-order valence-electron chi connectivity index (χ1n) is 6.35. The Hall–Kier alpha value is -0.570. The first kappa shape index (κ1) is 16.4. The molecule has 0 spiro atoms. The van der Waals surface area contributed by atoms with Crippen LogP contribution in [0.15, 0.2) is 0 Å². The molecule has 0 fully saturated rings. The predicted molar refractivity (Wildman–Crippen MR) is 69.6 cm³/mol. The maximum Gasteiger partial charge on any atom is 0.314 e. The van der Waals surface area contributed by atoms with Gasteiger partial charge < -0.3 is 9.47 Å². The van der Waals surface area contributed by atoms with Crippen molar-refractivity contribution in [2.24, 2.45) is 16.7 Å². The molecule has 0 amide bonds. The maximum absolute atomic E-state index is 12.2. The second-order valence-corrected chi connectivity index (χ2v) is 6.11. The number of esters is 1. The van der Waals surface area contributed by atoms with Gasteiger partial charge in [-0.25, -0.2) is 0 Å². The third kappa shape index (κ3) is 4.66. The van der Waals surface area contributed by atoms with Crippen LogP contribution in [0.3, 0.4) is 0 Å².